The van der Waals surface area contributed by atoms with E-state index in [0.29, 0.717) is 5.70 Å². The summed E-state index contributed by atoms with van der Waals surface area (Å²) in [6, 6.07) is 20.9. The Morgan fingerprint density at radius 3 is 2.27 bits per heavy atom. The lowest BCUT2D eigenvalue weighted by molar-refractivity contribution is 0.0940. The van der Waals surface area contributed by atoms with E-state index in [1.54, 1.807) is 23.5 Å². The molecule has 0 unspecified atom stereocenters. The maximum absolute atomic E-state index is 12.4. The van der Waals surface area contributed by atoms with Gasteiger partial charge in [-0.2, -0.15) is 0 Å². The first-order valence-electron chi connectivity index (χ1n) is 8.08. The van der Waals surface area contributed by atoms with E-state index >= 15 is 0 Å². The molecule has 0 bridgehead atoms. The minimum atomic E-state index is -0.421. The number of hydrazine groups is 1. The Morgan fingerprint density at radius 2 is 1.54 bits per heavy atom. The molecular weight excluding hydrogens is 344 g/mol. The van der Waals surface area contributed by atoms with Crippen LogP contribution in [0.25, 0.3) is 26.6 Å². The quantitative estimate of drug-likeness (QED) is 0.464. The molecule has 0 saturated carbocycles. The zero-order valence-corrected chi connectivity index (χ0v) is 14.6. The SMILES string of the molecule is C=C(NNC(=O)c1cc2ccccc2cc1O)c1cc2ccccc2s1. The first kappa shape index (κ1) is 16.2. The highest BCUT2D eigenvalue weighted by atomic mass is 32.1. The number of phenolic OH excluding ortho intramolecular Hbond substituents is 1. The molecule has 5 heteroatoms. The Bertz CT molecular complexity index is 1110. The number of carbonyl (C=O) groups is 1. The van der Waals surface area contributed by atoms with E-state index in [1.165, 1.54) is 0 Å². The number of rotatable bonds is 4. The average Bonchev–Trinajstić information content (AvgIpc) is 3.09. The minimum absolute atomic E-state index is 0.0597. The van der Waals surface area contributed by atoms with Crippen molar-refractivity contribution in [3.8, 4) is 5.75 Å². The summed E-state index contributed by atoms with van der Waals surface area (Å²) < 4.78 is 1.16. The van der Waals surface area contributed by atoms with Crippen LogP contribution in [0.1, 0.15) is 15.2 Å². The number of fused-ring (bicyclic) bond motifs is 2. The van der Waals surface area contributed by atoms with Crippen molar-refractivity contribution in [2.75, 3.05) is 0 Å². The molecule has 128 valence electrons. The van der Waals surface area contributed by atoms with E-state index in [1.807, 2.05) is 54.6 Å². The molecule has 0 atom stereocenters. The van der Waals surface area contributed by atoms with Crippen LogP contribution in [0.4, 0.5) is 0 Å². The summed E-state index contributed by atoms with van der Waals surface area (Å²) in [5, 5.41) is 13.0. The van der Waals surface area contributed by atoms with Crippen molar-refractivity contribution in [2.45, 2.75) is 0 Å². The van der Waals surface area contributed by atoms with Crippen molar-refractivity contribution in [3.63, 3.8) is 0 Å². The van der Waals surface area contributed by atoms with Gasteiger partial charge in [-0.1, -0.05) is 49.0 Å². The average molecular weight is 360 g/mol. The molecule has 0 saturated heterocycles. The predicted octanol–water partition coefficient (Wildman–Crippen LogP) is 4.67. The number of carbonyl (C=O) groups excluding carboxylic acids is 1. The second-order valence-electron chi connectivity index (χ2n) is 5.92. The zero-order chi connectivity index (χ0) is 18.1. The zero-order valence-electron chi connectivity index (χ0n) is 13.8. The van der Waals surface area contributed by atoms with Crippen LogP contribution >= 0.6 is 11.3 Å². The summed E-state index contributed by atoms with van der Waals surface area (Å²) >= 11 is 1.60. The van der Waals surface area contributed by atoms with Crippen molar-refractivity contribution in [1.29, 1.82) is 0 Å². The summed E-state index contributed by atoms with van der Waals surface area (Å²) in [7, 11) is 0. The smallest absolute Gasteiger partial charge is 0.273 e. The van der Waals surface area contributed by atoms with E-state index in [2.05, 4.69) is 17.4 Å². The van der Waals surface area contributed by atoms with E-state index in [-0.39, 0.29) is 11.3 Å². The summed E-state index contributed by atoms with van der Waals surface area (Å²) in [4.78, 5) is 13.4. The summed E-state index contributed by atoms with van der Waals surface area (Å²) in [5.41, 5.74) is 6.25. The Hall–Kier alpha value is -3.31. The van der Waals surface area contributed by atoms with Gasteiger partial charge in [0, 0.05) is 4.70 Å². The first-order chi connectivity index (χ1) is 12.6. The Balaban J connectivity index is 1.51. The third-order valence-electron chi connectivity index (χ3n) is 4.16. The van der Waals surface area contributed by atoms with Gasteiger partial charge >= 0.3 is 0 Å². The largest absolute Gasteiger partial charge is 0.507 e. The van der Waals surface area contributed by atoms with Crippen molar-refractivity contribution in [2.24, 2.45) is 0 Å². The predicted molar refractivity (Wildman–Crippen MR) is 107 cm³/mol. The van der Waals surface area contributed by atoms with Crippen molar-refractivity contribution >= 4 is 43.8 Å². The molecule has 1 heterocycles. The molecule has 1 aromatic heterocycles. The van der Waals surface area contributed by atoms with Gasteiger partial charge in [-0.25, -0.2) is 0 Å². The molecule has 4 rings (SSSR count). The van der Waals surface area contributed by atoms with Crippen LogP contribution in [0.3, 0.4) is 0 Å². The molecule has 0 aliphatic carbocycles. The van der Waals surface area contributed by atoms with Gasteiger partial charge in [0.05, 0.1) is 16.1 Å². The maximum atomic E-state index is 12.4. The summed E-state index contributed by atoms with van der Waals surface area (Å²) in [5.74, 6) is -0.481. The molecule has 0 aliphatic heterocycles. The van der Waals surface area contributed by atoms with E-state index < -0.39 is 5.91 Å². The Kier molecular flexibility index (Phi) is 4.07. The number of aromatic hydroxyl groups is 1. The standard InChI is InChI=1S/C21H16N2O2S/c1-13(20-12-16-8-4-5-9-19(16)26-20)22-23-21(25)17-10-14-6-2-3-7-15(14)11-18(17)24/h2-12,22,24H,1H2,(H,23,25). The second kappa shape index (κ2) is 6.54. The van der Waals surface area contributed by atoms with Gasteiger partial charge < -0.3 is 5.11 Å². The molecule has 0 spiro atoms. The summed E-state index contributed by atoms with van der Waals surface area (Å²) in [6.45, 7) is 3.98. The number of nitrogens with one attached hydrogen (secondary N) is 2. The molecule has 0 aliphatic rings. The fourth-order valence-corrected chi connectivity index (χ4v) is 3.79. The van der Waals surface area contributed by atoms with Crippen LogP contribution in [0.2, 0.25) is 0 Å². The Morgan fingerprint density at radius 1 is 0.885 bits per heavy atom. The maximum Gasteiger partial charge on any atom is 0.273 e. The molecule has 0 radical (unpaired) electrons. The second-order valence-corrected chi connectivity index (χ2v) is 7.01. The molecule has 4 nitrogen and oxygen atoms in total. The van der Waals surface area contributed by atoms with Gasteiger partial charge in [0.1, 0.15) is 5.75 Å². The van der Waals surface area contributed by atoms with Crippen molar-refractivity contribution in [1.82, 2.24) is 10.9 Å². The van der Waals surface area contributed by atoms with Crippen molar-refractivity contribution < 1.29 is 9.90 Å². The van der Waals surface area contributed by atoms with Crippen LogP contribution in [-0.4, -0.2) is 11.0 Å². The van der Waals surface area contributed by atoms with Crippen LogP contribution in [0.5, 0.6) is 5.75 Å². The fourth-order valence-electron chi connectivity index (χ4n) is 2.80. The number of thiophene rings is 1. The monoisotopic (exact) mass is 360 g/mol. The number of hydrogen-bond donors (Lipinski definition) is 3. The van der Waals surface area contributed by atoms with Gasteiger partial charge in [-0.15, -0.1) is 11.3 Å². The number of hydrogen-bond acceptors (Lipinski definition) is 4. The molecule has 3 N–H and O–H groups in total. The first-order valence-corrected chi connectivity index (χ1v) is 8.89. The van der Waals surface area contributed by atoms with E-state index in [0.717, 1.165) is 25.7 Å². The lowest BCUT2D eigenvalue weighted by atomic mass is 10.1. The van der Waals surface area contributed by atoms with Crippen LogP contribution in [-0.2, 0) is 0 Å². The summed E-state index contributed by atoms with van der Waals surface area (Å²) in [6.07, 6.45) is 0. The number of amides is 1. The third-order valence-corrected chi connectivity index (χ3v) is 5.33. The molecule has 1 amide bonds. The van der Waals surface area contributed by atoms with Gasteiger partial charge in [-0.05, 0) is 40.4 Å². The molecule has 26 heavy (non-hydrogen) atoms. The van der Waals surface area contributed by atoms with E-state index in [9.17, 15) is 9.90 Å². The van der Waals surface area contributed by atoms with Crippen LogP contribution in [0, 0.1) is 0 Å². The van der Waals surface area contributed by atoms with E-state index in [4.69, 9.17) is 0 Å². The Labute approximate surface area is 154 Å². The van der Waals surface area contributed by atoms with Crippen LogP contribution < -0.4 is 10.9 Å². The van der Waals surface area contributed by atoms with Gasteiger partial charge in [0.15, 0.2) is 0 Å². The lowest BCUT2D eigenvalue weighted by Crippen LogP contribution is -2.35. The lowest BCUT2D eigenvalue weighted by Gasteiger charge is -2.11. The van der Waals surface area contributed by atoms with Gasteiger partial charge in [-0.3, -0.25) is 15.6 Å². The van der Waals surface area contributed by atoms with Gasteiger partial charge in [0.2, 0.25) is 0 Å². The normalized spacial score (nSPS) is 10.8. The third kappa shape index (κ3) is 3.00. The minimum Gasteiger partial charge on any atom is -0.507 e. The number of benzene rings is 3. The fraction of sp³-hybridized carbons (Fsp3) is 0. The van der Waals surface area contributed by atoms with Crippen molar-refractivity contribution in [3.05, 3.63) is 83.7 Å². The molecular formula is C21H16N2O2S. The van der Waals surface area contributed by atoms with Crippen LogP contribution in [0.15, 0.2) is 73.3 Å². The van der Waals surface area contributed by atoms with Gasteiger partial charge in [0.25, 0.3) is 5.91 Å². The highest BCUT2D eigenvalue weighted by molar-refractivity contribution is 7.20. The topological polar surface area (TPSA) is 61.4 Å². The highest BCUT2D eigenvalue weighted by Gasteiger charge is 2.13. The highest BCUT2D eigenvalue weighted by Crippen LogP contribution is 2.28. The molecule has 4 aromatic rings. The molecule has 3 aromatic carbocycles. The molecule has 0 fully saturated rings. The number of phenols is 1.